The molecule has 1 aliphatic carbocycles. The summed E-state index contributed by atoms with van der Waals surface area (Å²) >= 11 is 0. The van der Waals surface area contributed by atoms with E-state index in [1.807, 2.05) is 0 Å². The van der Waals surface area contributed by atoms with Gasteiger partial charge in [-0.15, -0.1) is 0 Å². The summed E-state index contributed by atoms with van der Waals surface area (Å²) in [4.78, 5) is 2.70. The number of hydrogen-bond acceptors (Lipinski definition) is 2. The molecule has 2 N–H and O–H groups in total. The second-order valence-corrected chi connectivity index (χ2v) is 6.63. The molecule has 0 aliphatic heterocycles. The van der Waals surface area contributed by atoms with E-state index in [-0.39, 0.29) is 5.41 Å². The molecule has 1 rings (SSSR count). The first-order chi connectivity index (χ1) is 7.44. The van der Waals surface area contributed by atoms with Crippen LogP contribution in [-0.4, -0.2) is 30.6 Å². The third-order valence-corrected chi connectivity index (χ3v) is 3.62. The average molecular weight is 226 g/mol. The van der Waals surface area contributed by atoms with E-state index in [2.05, 4.69) is 32.6 Å². The van der Waals surface area contributed by atoms with Gasteiger partial charge in [-0.1, -0.05) is 40.5 Å². The van der Waals surface area contributed by atoms with Gasteiger partial charge in [-0.05, 0) is 30.7 Å². The lowest BCUT2D eigenvalue weighted by atomic mass is 9.91. The van der Waals surface area contributed by atoms with Crippen molar-refractivity contribution in [3.05, 3.63) is 0 Å². The van der Waals surface area contributed by atoms with Crippen molar-refractivity contribution in [2.75, 3.05) is 19.6 Å². The Morgan fingerprint density at radius 2 is 1.81 bits per heavy atom. The number of rotatable bonds is 6. The SMILES string of the molecule is CC(C)CN(CC(C)(C)CN)C1CCCC1. The standard InChI is InChI=1S/C14H30N2/c1-12(2)9-16(11-14(3,4)10-15)13-7-5-6-8-13/h12-13H,5-11,15H2,1-4H3. The highest BCUT2D eigenvalue weighted by atomic mass is 15.2. The first-order valence-corrected chi connectivity index (χ1v) is 6.89. The third-order valence-electron chi connectivity index (χ3n) is 3.62. The van der Waals surface area contributed by atoms with Gasteiger partial charge in [0.1, 0.15) is 0 Å². The van der Waals surface area contributed by atoms with E-state index in [9.17, 15) is 0 Å². The molecule has 0 bridgehead atoms. The molecule has 0 radical (unpaired) electrons. The van der Waals surface area contributed by atoms with Crippen molar-refractivity contribution in [2.24, 2.45) is 17.1 Å². The van der Waals surface area contributed by atoms with Gasteiger partial charge in [-0.25, -0.2) is 0 Å². The molecule has 0 aromatic heterocycles. The van der Waals surface area contributed by atoms with Gasteiger partial charge in [0.15, 0.2) is 0 Å². The molecule has 1 saturated carbocycles. The highest BCUT2D eigenvalue weighted by Gasteiger charge is 2.28. The van der Waals surface area contributed by atoms with E-state index < -0.39 is 0 Å². The van der Waals surface area contributed by atoms with Crippen molar-refractivity contribution in [1.29, 1.82) is 0 Å². The van der Waals surface area contributed by atoms with E-state index in [0.29, 0.717) is 0 Å². The predicted octanol–water partition coefficient (Wildman–Crippen LogP) is 2.87. The van der Waals surface area contributed by atoms with Crippen molar-refractivity contribution in [3.63, 3.8) is 0 Å². The monoisotopic (exact) mass is 226 g/mol. The van der Waals surface area contributed by atoms with Crippen molar-refractivity contribution < 1.29 is 0 Å². The van der Waals surface area contributed by atoms with E-state index in [1.165, 1.54) is 32.2 Å². The molecular formula is C14H30N2. The van der Waals surface area contributed by atoms with Crippen LogP contribution in [0.3, 0.4) is 0 Å². The highest BCUT2D eigenvalue weighted by molar-refractivity contribution is 4.83. The zero-order chi connectivity index (χ0) is 12.2. The molecule has 0 atom stereocenters. The predicted molar refractivity (Wildman–Crippen MR) is 71.5 cm³/mol. The van der Waals surface area contributed by atoms with E-state index in [0.717, 1.165) is 25.0 Å². The normalized spacial score (nSPS) is 18.9. The lowest BCUT2D eigenvalue weighted by Crippen LogP contribution is -2.44. The minimum Gasteiger partial charge on any atom is -0.330 e. The van der Waals surface area contributed by atoms with Crippen LogP contribution in [-0.2, 0) is 0 Å². The summed E-state index contributed by atoms with van der Waals surface area (Å²) in [5.41, 5.74) is 6.12. The molecule has 16 heavy (non-hydrogen) atoms. The molecule has 0 aromatic rings. The Labute approximate surface area is 102 Å². The van der Waals surface area contributed by atoms with Crippen molar-refractivity contribution in [3.8, 4) is 0 Å². The van der Waals surface area contributed by atoms with Gasteiger partial charge in [-0.2, -0.15) is 0 Å². The fourth-order valence-electron chi connectivity index (χ4n) is 2.70. The van der Waals surface area contributed by atoms with Gasteiger partial charge < -0.3 is 5.73 Å². The molecule has 0 unspecified atom stereocenters. The summed E-state index contributed by atoms with van der Waals surface area (Å²) < 4.78 is 0. The maximum Gasteiger partial charge on any atom is 0.00956 e. The molecular weight excluding hydrogens is 196 g/mol. The smallest absolute Gasteiger partial charge is 0.00956 e. The van der Waals surface area contributed by atoms with Crippen LogP contribution >= 0.6 is 0 Å². The minimum absolute atomic E-state index is 0.261. The Morgan fingerprint density at radius 1 is 1.25 bits per heavy atom. The summed E-state index contributed by atoms with van der Waals surface area (Å²) in [6.07, 6.45) is 5.63. The van der Waals surface area contributed by atoms with Crippen LogP contribution in [0.2, 0.25) is 0 Å². The van der Waals surface area contributed by atoms with Crippen LogP contribution in [0.4, 0.5) is 0 Å². The van der Waals surface area contributed by atoms with E-state index >= 15 is 0 Å². The van der Waals surface area contributed by atoms with Crippen LogP contribution in [0.15, 0.2) is 0 Å². The maximum absolute atomic E-state index is 5.86. The number of nitrogens with two attached hydrogens (primary N) is 1. The molecule has 2 heteroatoms. The Balaban J connectivity index is 2.55. The zero-order valence-corrected chi connectivity index (χ0v) is 11.6. The third kappa shape index (κ3) is 4.42. The fourth-order valence-corrected chi connectivity index (χ4v) is 2.70. The Bertz CT molecular complexity index is 193. The topological polar surface area (TPSA) is 29.3 Å². The molecule has 0 saturated heterocycles. The van der Waals surface area contributed by atoms with Gasteiger partial charge >= 0.3 is 0 Å². The van der Waals surface area contributed by atoms with Crippen LogP contribution < -0.4 is 5.73 Å². The lowest BCUT2D eigenvalue weighted by Gasteiger charge is -2.37. The molecule has 0 amide bonds. The summed E-state index contributed by atoms with van der Waals surface area (Å²) in [5.74, 6) is 0.758. The largest absolute Gasteiger partial charge is 0.330 e. The first-order valence-electron chi connectivity index (χ1n) is 6.89. The summed E-state index contributed by atoms with van der Waals surface area (Å²) in [6, 6.07) is 0.827. The van der Waals surface area contributed by atoms with Gasteiger partial charge in [0.25, 0.3) is 0 Å². The van der Waals surface area contributed by atoms with Crippen LogP contribution in [0, 0.1) is 11.3 Å². The Kier molecular flexibility index (Phi) is 5.26. The summed E-state index contributed by atoms with van der Waals surface area (Å²) in [6.45, 7) is 12.4. The molecule has 0 aromatic carbocycles. The summed E-state index contributed by atoms with van der Waals surface area (Å²) in [7, 11) is 0. The van der Waals surface area contributed by atoms with Gasteiger partial charge in [0.05, 0.1) is 0 Å². The van der Waals surface area contributed by atoms with Crippen LogP contribution in [0.5, 0.6) is 0 Å². The molecule has 0 heterocycles. The van der Waals surface area contributed by atoms with E-state index in [4.69, 9.17) is 5.73 Å². The van der Waals surface area contributed by atoms with Gasteiger partial charge in [0.2, 0.25) is 0 Å². The second kappa shape index (κ2) is 6.02. The number of nitrogens with zero attached hydrogens (tertiary/aromatic N) is 1. The molecule has 1 fully saturated rings. The van der Waals surface area contributed by atoms with Crippen LogP contribution in [0.1, 0.15) is 53.4 Å². The van der Waals surface area contributed by atoms with Crippen molar-refractivity contribution in [1.82, 2.24) is 4.90 Å². The molecule has 96 valence electrons. The van der Waals surface area contributed by atoms with Gasteiger partial charge in [0, 0.05) is 19.1 Å². The fraction of sp³-hybridized carbons (Fsp3) is 1.00. The molecule has 2 nitrogen and oxygen atoms in total. The van der Waals surface area contributed by atoms with E-state index in [1.54, 1.807) is 0 Å². The first kappa shape index (κ1) is 14.0. The summed E-state index contributed by atoms with van der Waals surface area (Å²) in [5, 5.41) is 0. The van der Waals surface area contributed by atoms with Crippen LogP contribution in [0.25, 0.3) is 0 Å². The Morgan fingerprint density at radius 3 is 2.25 bits per heavy atom. The molecule has 0 spiro atoms. The zero-order valence-electron chi connectivity index (χ0n) is 11.6. The van der Waals surface area contributed by atoms with Gasteiger partial charge in [-0.3, -0.25) is 4.90 Å². The minimum atomic E-state index is 0.261. The second-order valence-electron chi connectivity index (χ2n) is 6.63. The van der Waals surface area contributed by atoms with Crippen molar-refractivity contribution >= 4 is 0 Å². The lowest BCUT2D eigenvalue weighted by molar-refractivity contribution is 0.119. The molecule has 1 aliphatic rings. The highest BCUT2D eigenvalue weighted by Crippen LogP contribution is 2.27. The Hall–Kier alpha value is -0.0800. The number of hydrogen-bond donors (Lipinski definition) is 1. The maximum atomic E-state index is 5.86. The average Bonchev–Trinajstić information content (AvgIpc) is 2.68. The van der Waals surface area contributed by atoms with Crippen molar-refractivity contribution in [2.45, 2.75) is 59.4 Å². The quantitative estimate of drug-likeness (QED) is 0.754.